The van der Waals surface area contributed by atoms with Gasteiger partial charge in [-0.1, -0.05) is 182 Å². The number of benzene rings is 10. The maximum absolute atomic E-state index is 2.45. The third-order valence-electron chi connectivity index (χ3n) is 16.2. The zero-order valence-corrected chi connectivity index (χ0v) is 41.4. The number of fused-ring (bicyclic) bond motifs is 14. The van der Waals surface area contributed by atoms with Gasteiger partial charge in [0.15, 0.2) is 0 Å². The summed E-state index contributed by atoms with van der Waals surface area (Å²) in [6.45, 7) is 0. The molecule has 0 N–H and O–H groups in total. The van der Waals surface area contributed by atoms with Gasteiger partial charge in [-0.3, -0.25) is 0 Å². The van der Waals surface area contributed by atoms with Gasteiger partial charge in [0.05, 0.1) is 50.9 Å². The van der Waals surface area contributed by atoms with Crippen LogP contribution in [0.25, 0.3) is 68.8 Å². The summed E-state index contributed by atoms with van der Waals surface area (Å²) in [5, 5.41) is 0. The minimum atomic E-state index is -0.450. The molecule has 4 nitrogen and oxygen atoms in total. The second kappa shape index (κ2) is 16.5. The van der Waals surface area contributed by atoms with Crippen molar-refractivity contribution in [2.75, 3.05) is 47.8 Å². The van der Waals surface area contributed by atoms with Crippen molar-refractivity contribution >= 4 is 69.8 Å². The van der Waals surface area contributed by atoms with Crippen molar-refractivity contribution in [3.05, 3.63) is 263 Å². The fourth-order valence-corrected chi connectivity index (χ4v) is 12.4. The van der Waals surface area contributed by atoms with E-state index in [0.29, 0.717) is 0 Å². The van der Waals surface area contributed by atoms with Crippen molar-refractivity contribution in [2.24, 2.45) is 0 Å². The molecule has 1 spiro atoms. The fourth-order valence-electron chi connectivity index (χ4n) is 12.4. The first-order valence-electron chi connectivity index (χ1n) is 25.3. The van der Waals surface area contributed by atoms with E-state index in [1.165, 1.54) is 135 Å². The third-order valence-corrected chi connectivity index (χ3v) is 16.2. The first-order valence-corrected chi connectivity index (χ1v) is 25.3. The summed E-state index contributed by atoms with van der Waals surface area (Å²) in [6, 6.07) is 81.0. The first kappa shape index (κ1) is 42.7. The molecule has 0 fully saturated rings. The molecule has 0 atom stereocenters. The average molecular weight is 937 g/mol. The van der Waals surface area contributed by atoms with Gasteiger partial charge in [0, 0.05) is 28.2 Å². The Balaban J connectivity index is 0.766. The molecule has 348 valence electrons. The minimum absolute atomic E-state index is 0.450. The minimum Gasteiger partial charge on any atom is -0.341 e. The smallest absolute Gasteiger partial charge is 0.0725 e. The molecule has 0 amide bonds. The van der Waals surface area contributed by atoms with E-state index in [1.807, 2.05) is 0 Å². The van der Waals surface area contributed by atoms with Crippen LogP contribution in [0.5, 0.6) is 0 Å². The summed E-state index contributed by atoms with van der Waals surface area (Å²) in [7, 11) is 8.63. The van der Waals surface area contributed by atoms with E-state index >= 15 is 0 Å². The van der Waals surface area contributed by atoms with Crippen LogP contribution >= 0.6 is 0 Å². The zero-order chi connectivity index (χ0) is 49.0. The van der Waals surface area contributed by atoms with E-state index in [4.69, 9.17) is 0 Å². The van der Waals surface area contributed by atoms with E-state index in [9.17, 15) is 0 Å². The molecule has 2 aliphatic carbocycles. The number of hydrogen-bond donors (Lipinski definition) is 0. The van der Waals surface area contributed by atoms with Crippen LogP contribution in [0.2, 0.25) is 0 Å². The van der Waals surface area contributed by atoms with Crippen molar-refractivity contribution in [1.29, 1.82) is 0 Å². The van der Waals surface area contributed by atoms with Crippen LogP contribution in [-0.4, -0.2) is 28.2 Å². The average Bonchev–Trinajstić information content (AvgIpc) is 3.92. The molecular weight excluding hydrogens is 885 g/mol. The van der Waals surface area contributed by atoms with E-state index in [0.717, 1.165) is 0 Å². The van der Waals surface area contributed by atoms with E-state index in [-0.39, 0.29) is 0 Å². The first-order chi connectivity index (χ1) is 35.8. The Kier molecular flexibility index (Phi) is 9.65. The van der Waals surface area contributed by atoms with Gasteiger partial charge >= 0.3 is 0 Å². The molecule has 0 unspecified atom stereocenters. The van der Waals surface area contributed by atoms with Gasteiger partial charge in [-0.15, -0.1) is 0 Å². The standard InChI is InChI=1S/C69H52N4/c1-70-61-17-9-11-19-63(61)72(3)67-43-51(35-39-65(67)70)49-31-25-45(26-32-49)21-23-47-29-37-55-56-38-30-48(42-60(56)69(59(55)41-47)57-15-7-5-13-53(57)54-14-6-8-16-58(54)69)24-22-46-27-33-50(34-28-46)52-36-40-66-68(44-52)73(4)64-20-12-10-18-62(64)71(66)2/h5-44H,1-4H3. The molecule has 2 heterocycles. The molecule has 10 aromatic carbocycles. The third kappa shape index (κ3) is 6.53. The second-order valence-corrected chi connectivity index (χ2v) is 20.0. The fraction of sp³-hybridized carbons (Fsp3) is 0.0725. The summed E-state index contributed by atoms with van der Waals surface area (Å²) in [4.78, 5) is 9.18. The molecular formula is C69H52N4. The number of hydrogen-bond acceptors (Lipinski definition) is 4. The Hall–Kier alpha value is -9.12. The van der Waals surface area contributed by atoms with Crippen LogP contribution in [-0.2, 0) is 5.41 Å². The van der Waals surface area contributed by atoms with Crippen LogP contribution in [0.15, 0.2) is 218 Å². The zero-order valence-electron chi connectivity index (χ0n) is 41.4. The van der Waals surface area contributed by atoms with Gasteiger partial charge in [0.2, 0.25) is 0 Å². The molecule has 0 bridgehead atoms. The highest BCUT2D eigenvalue weighted by atomic mass is 15.2. The monoisotopic (exact) mass is 936 g/mol. The number of para-hydroxylation sites is 4. The molecule has 73 heavy (non-hydrogen) atoms. The van der Waals surface area contributed by atoms with Crippen LogP contribution in [0.4, 0.5) is 45.5 Å². The van der Waals surface area contributed by atoms with E-state index in [2.05, 4.69) is 290 Å². The molecule has 0 saturated heterocycles. The predicted octanol–water partition coefficient (Wildman–Crippen LogP) is 17.4. The Morgan fingerprint density at radius 1 is 0.247 bits per heavy atom. The number of nitrogens with zero attached hydrogens (tertiary/aromatic N) is 4. The van der Waals surface area contributed by atoms with Crippen molar-refractivity contribution in [3.63, 3.8) is 0 Å². The Labute approximate surface area is 428 Å². The predicted molar refractivity (Wildman–Crippen MR) is 309 cm³/mol. The summed E-state index contributed by atoms with van der Waals surface area (Å²) >= 11 is 0. The lowest BCUT2D eigenvalue weighted by atomic mass is 9.70. The molecule has 0 aromatic heterocycles. The summed E-state index contributed by atoms with van der Waals surface area (Å²) in [5.41, 5.74) is 29.3. The van der Waals surface area contributed by atoms with Crippen molar-refractivity contribution in [2.45, 2.75) is 5.41 Å². The van der Waals surface area contributed by atoms with Crippen LogP contribution in [0.3, 0.4) is 0 Å². The number of rotatable bonds is 6. The highest BCUT2D eigenvalue weighted by Gasteiger charge is 2.51. The molecule has 0 saturated carbocycles. The van der Waals surface area contributed by atoms with Gasteiger partial charge in [-0.25, -0.2) is 0 Å². The van der Waals surface area contributed by atoms with Gasteiger partial charge < -0.3 is 19.6 Å². The van der Waals surface area contributed by atoms with E-state index in [1.54, 1.807) is 0 Å². The van der Waals surface area contributed by atoms with Gasteiger partial charge in [-0.2, -0.15) is 0 Å². The lowest BCUT2D eigenvalue weighted by Gasteiger charge is -2.36. The molecule has 0 radical (unpaired) electrons. The molecule has 10 aromatic rings. The lowest BCUT2D eigenvalue weighted by molar-refractivity contribution is 0.793. The Bertz CT molecular complexity index is 3680. The van der Waals surface area contributed by atoms with E-state index < -0.39 is 5.41 Å². The Morgan fingerprint density at radius 2 is 0.548 bits per heavy atom. The highest BCUT2D eigenvalue weighted by Crippen LogP contribution is 2.63. The van der Waals surface area contributed by atoms with Crippen molar-refractivity contribution < 1.29 is 0 Å². The Morgan fingerprint density at radius 3 is 0.959 bits per heavy atom. The van der Waals surface area contributed by atoms with Crippen LogP contribution in [0, 0.1) is 0 Å². The van der Waals surface area contributed by atoms with Crippen LogP contribution < -0.4 is 19.6 Å². The molecule has 4 heteroatoms. The SMILES string of the molecule is CN1c2ccccc2N(C)c2cc(-c3ccc(C=Cc4ccc5c(c4)C4(c6ccccc6-c6ccccc64)c4cc(C=Cc6ccc(-c7ccc8c(c7)N(C)c7ccccc7N8C)cc6)ccc4-5)cc3)ccc21. The van der Waals surface area contributed by atoms with Crippen molar-refractivity contribution in [3.8, 4) is 44.5 Å². The summed E-state index contributed by atoms with van der Waals surface area (Å²) in [6.07, 6.45) is 9.06. The summed E-state index contributed by atoms with van der Waals surface area (Å²) in [5.74, 6) is 0. The lowest BCUT2D eigenvalue weighted by Crippen LogP contribution is -2.26. The van der Waals surface area contributed by atoms with Gasteiger partial charge in [-0.05, 0) is 150 Å². The quantitative estimate of drug-likeness (QED) is 0.154. The van der Waals surface area contributed by atoms with Gasteiger partial charge in [0.25, 0.3) is 0 Å². The maximum Gasteiger partial charge on any atom is 0.0725 e. The topological polar surface area (TPSA) is 13.0 Å². The van der Waals surface area contributed by atoms with Crippen molar-refractivity contribution in [1.82, 2.24) is 0 Å². The van der Waals surface area contributed by atoms with Gasteiger partial charge in [0.1, 0.15) is 0 Å². The second-order valence-electron chi connectivity index (χ2n) is 20.0. The summed E-state index contributed by atoms with van der Waals surface area (Å²) < 4.78 is 0. The largest absolute Gasteiger partial charge is 0.341 e. The maximum atomic E-state index is 2.45. The normalized spacial score (nSPS) is 14.2. The molecule has 14 rings (SSSR count). The number of anilines is 8. The van der Waals surface area contributed by atoms with Crippen LogP contribution in [0.1, 0.15) is 44.5 Å². The highest BCUT2D eigenvalue weighted by molar-refractivity contribution is 5.98. The molecule has 4 aliphatic rings. The molecule has 2 aliphatic heterocycles.